The molecule has 2 nitrogen and oxygen atoms in total. The number of hydrogen-bond donors (Lipinski definition) is 1. The molecule has 0 heterocycles. The van der Waals surface area contributed by atoms with Gasteiger partial charge in [0.2, 0.25) is 0 Å². The molecular weight excluding hydrogens is 215 g/mol. The van der Waals surface area contributed by atoms with E-state index in [4.69, 9.17) is 5.73 Å². The molecule has 2 atom stereocenters. The van der Waals surface area contributed by atoms with Gasteiger partial charge in [0, 0.05) is 19.1 Å². The van der Waals surface area contributed by atoms with Crippen molar-refractivity contribution in [3.63, 3.8) is 0 Å². The molecule has 0 bridgehead atoms. The van der Waals surface area contributed by atoms with Gasteiger partial charge in [0.25, 0.3) is 0 Å². The van der Waals surface area contributed by atoms with Crippen molar-refractivity contribution in [2.45, 2.75) is 31.8 Å². The van der Waals surface area contributed by atoms with Gasteiger partial charge in [-0.05, 0) is 49.9 Å². The predicted octanol–water partition coefficient (Wildman–Crippen LogP) is 2.38. The Hall–Kier alpha value is -0.930. The summed E-state index contributed by atoms with van der Waals surface area (Å²) < 4.78 is 13.0. The van der Waals surface area contributed by atoms with Crippen LogP contribution >= 0.6 is 0 Å². The number of hydrogen-bond acceptors (Lipinski definition) is 2. The maximum absolute atomic E-state index is 13.0. The minimum Gasteiger partial charge on any atom is -0.328 e. The summed E-state index contributed by atoms with van der Waals surface area (Å²) in [6.45, 7) is 1.87. The number of nitrogens with two attached hydrogens (primary N) is 1. The van der Waals surface area contributed by atoms with Crippen LogP contribution in [0.2, 0.25) is 0 Å². The van der Waals surface area contributed by atoms with Gasteiger partial charge in [-0.25, -0.2) is 4.39 Å². The highest BCUT2D eigenvalue weighted by Crippen LogP contribution is 2.25. The van der Waals surface area contributed by atoms with Crippen LogP contribution in [0.4, 0.5) is 4.39 Å². The first kappa shape index (κ1) is 12.5. The SMILES string of the molecule is CN(Cc1cccc(F)c1)CC1CCC(N)C1. The maximum Gasteiger partial charge on any atom is 0.123 e. The molecule has 2 N–H and O–H groups in total. The van der Waals surface area contributed by atoms with Crippen molar-refractivity contribution in [2.24, 2.45) is 11.7 Å². The first-order chi connectivity index (χ1) is 8.13. The van der Waals surface area contributed by atoms with Gasteiger partial charge in [-0.15, -0.1) is 0 Å². The molecule has 0 aliphatic heterocycles. The normalized spacial score (nSPS) is 24.5. The van der Waals surface area contributed by atoms with Crippen molar-refractivity contribution in [1.82, 2.24) is 4.90 Å². The fraction of sp³-hybridized carbons (Fsp3) is 0.571. The van der Waals surface area contributed by atoms with Crippen LogP contribution in [-0.4, -0.2) is 24.5 Å². The third-order valence-electron chi connectivity index (χ3n) is 3.49. The second-order valence-corrected chi connectivity index (χ2v) is 5.27. The highest BCUT2D eigenvalue weighted by molar-refractivity contribution is 5.16. The molecule has 1 fully saturated rings. The van der Waals surface area contributed by atoms with Gasteiger partial charge in [-0.3, -0.25) is 0 Å². The van der Waals surface area contributed by atoms with Crippen molar-refractivity contribution >= 4 is 0 Å². The molecule has 2 rings (SSSR count). The Morgan fingerprint density at radius 3 is 2.88 bits per heavy atom. The molecule has 2 unspecified atom stereocenters. The van der Waals surface area contributed by atoms with E-state index >= 15 is 0 Å². The quantitative estimate of drug-likeness (QED) is 0.869. The second kappa shape index (κ2) is 5.61. The Labute approximate surface area is 103 Å². The van der Waals surface area contributed by atoms with E-state index in [1.54, 1.807) is 12.1 Å². The first-order valence-electron chi connectivity index (χ1n) is 6.32. The topological polar surface area (TPSA) is 29.3 Å². The fourth-order valence-electron chi connectivity index (χ4n) is 2.73. The van der Waals surface area contributed by atoms with Gasteiger partial charge in [-0.1, -0.05) is 12.1 Å². The third-order valence-corrected chi connectivity index (χ3v) is 3.49. The maximum atomic E-state index is 13.0. The van der Waals surface area contributed by atoms with Gasteiger partial charge >= 0.3 is 0 Å². The number of nitrogens with zero attached hydrogens (tertiary/aromatic N) is 1. The lowest BCUT2D eigenvalue weighted by molar-refractivity contribution is 0.270. The van der Waals surface area contributed by atoms with E-state index in [-0.39, 0.29) is 5.82 Å². The molecule has 1 aliphatic rings. The van der Waals surface area contributed by atoms with Crippen LogP contribution in [0.5, 0.6) is 0 Å². The summed E-state index contributed by atoms with van der Waals surface area (Å²) in [6.07, 6.45) is 3.51. The predicted molar refractivity (Wildman–Crippen MR) is 68.1 cm³/mol. The zero-order chi connectivity index (χ0) is 12.3. The van der Waals surface area contributed by atoms with E-state index in [2.05, 4.69) is 11.9 Å². The zero-order valence-electron chi connectivity index (χ0n) is 10.4. The van der Waals surface area contributed by atoms with Gasteiger partial charge in [0.15, 0.2) is 0 Å². The van der Waals surface area contributed by atoms with Gasteiger partial charge in [0.1, 0.15) is 5.82 Å². The van der Waals surface area contributed by atoms with Crippen molar-refractivity contribution in [3.05, 3.63) is 35.6 Å². The van der Waals surface area contributed by atoms with Gasteiger partial charge in [0.05, 0.1) is 0 Å². The van der Waals surface area contributed by atoms with Crippen LogP contribution < -0.4 is 5.73 Å². The van der Waals surface area contributed by atoms with E-state index in [1.165, 1.54) is 12.5 Å². The molecule has 1 aromatic carbocycles. The summed E-state index contributed by atoms with van der Waals surface area (Å²) in [5.74, 6) is 0.558. The monoisotopic (exact) mass is 236 g/mol. The summed E-state index contributed by atoms with van der Waals surface area (Å²) in [5.41, 5.74) is 6.94. The average molecular weight is 236 g/mol. The van der Waals surface area contributed by atoms with Crippen molar-refractivity contribution in [2.75, 3.05) is 13.6 Å². The van der Waals surface area contributed by atoms with Gasteiger partial charge in [-0.2, -0.15) is 0 Å². The smallest absolute Gasteiger partial charge is 0.123 e. The zero-order valence-corrected chi connectivity index (χ0v) is 10.4. The van der Waals surface area contributed by atoms with Crippen LogP contribution in [0.25, 0.3) is 0 Å². The summed E-state index contributed by atoms with van der Waals surface area (Å²) in [4.78, 5) is 2.26. The van der Waals surface area contributed by atoms with E-state index in [0.29, 0.717) is 12.0 Å². The van der Waals surface area contributed by atoms with E-state index in [1.807, 2.05) is 6.07 Å². The Morgan fingerprint density at radius 2 is 2.24 bits per heavy atom. The van der Waals surface area contributed by atoms with Crippen molar-refractivity contribution in [1.29, 1.82) is 0 Å². The lowest BCUT2D eigenvalue weighted by atomic mass is 10.1. The molecule has 1 saturated carbocycles. The molecule has 1 aliphatic carbocycles. The number of benzene rings is 1. The molecule has 0 radical (unpaired) electrons. The standard InChI is InChI=1S/C14H21FN2/c1-17(10-12-5-6-14(16)8-12)9-11-3-2-4-13(15)7-11/h2-4,7,12,14H,5-6,8-10,16H2,1H3. The Morgan fingerprint density at radius 1 is 1.41 bits per heavy atom. The summed E-state index contributed by atoms with van der Waals surface area (Å²) in [7, 11) is 2.09. The molecule has 1 aromatic rings. The van der Waals surface area contributed by atoms with E-state index < -0.39 is 0 Å². The van der Waals surface area contributed by atoms with Crippen LogP contribution in [0.15, 0.2) is 24.3 Å². The van der Waals surface area contributed by atoms with Crippen LogP contribution in [-0.2, 0) is 6.54 Å². The molecule has 0 amide bonds. The molecule has 94 valence electrons. The minimum atomic E-state index is -0.154. The van der Waals surface area contributed by atoms with Crippen molar-refractivity contribution in [3.8, 4) is 0 Å². The second-order valence-electron chi connectivity index (χ2n) is 5.27. The molecule has 17 heavy (non-hydrogen) atoms. The molecule has 0 aromatic heterocycles. The third kappa shape index (κ3) is 3.79. The van der Waals surface area contributed by atoms with Crippen LogP contribution in [0.1, 0.15) is 24.8 Å². The molecule has 3 heteroatoms. The van der Waals surface area contributed by atoms with Crippen LogP contribution in [0.3, 0.4) is 0 Å². The summed E-state index contributed by atoms with van der Waals surface area (Å²) in [6, 6.07) is 7.22. The lowest BCUT2D eigenvalue weighted by Gasteiger charge is -2.20. The Balaban J connectivity index is 1.83. The first-order valence-corrected chi connectivity index (χ1v) is 6.32. The minimum absolute atomic E-state index is 0.154. The fourth-order valence-corrected chi connectivity index (χ4v) is 2.73. The van der Waals surface area contributed by atoms with Crippen molar-refractivity contribution < 1.29 is 4.39 Å². The highest BCUT2D eigenvalue weighted by Gasteiger charge is 2.22. The summed E-state index contributed by atoms with van der Waals surface area (Å²) >= 11 is 0. The Kier molecular flexibility index (Phi) is 4.13. The molecular formula is C14H21FN2. The number of rotatable bonds is 4. The van der Waals surface area contributed by atoms with E-state index in [9.17, 15) is 4.39 Å². The Bertz CT molecular complexity index is 367. The van der Waals surface area contributed by atoms with Gasteiger partial charge < -0.3 is 10.6 Å². The van der Waals surface area contributed by atoms with E-state index in [0.717, 1.165) is 31.5 Å². The lowest BCUT2D eigenvalue weighted by Crippen LogP contribution is -2.25. The largest absolute Gasteiger partial charge is 0.328 e. The average Bonchev–Trinajstić information content (AvgIpc) is 2.63. The highest BCUT2D eigenvalue weighted by atomic mass is 19.1. The molecule has 0 spiro atoms. The number of halogens is 1. The molecule has 0 saturated heterocycles. The summed E-state index contributed by atoms with van der Waals surface area (Å²) in [5, 5.41) is 0. The van der Waals surface area contributed by atoms with Crippen LogP contribution in [0, 0.1) is 11.7 Å².